The van der Waals surface area contributed by atoms with Crippen LogP contribution in [0.2, 0.25) is 0 Å². The Kier molecular flexibility index (Phi) is 4.96. The highest BCUT2D eigenvalue weighted by atomic mass is 16.5. The lowest BCUT2D eigenvalue weighted by atomic mass is 9.95. The molecule has 0 unspecified atom stereocenters. The van der Waals surface area contributed by atoms with Crippen LogP contribution in [0.4, 0.5) is 0 Å². The normalized spacial score (nSPS) is 14.8. The number of aromatic amines is 1. The number of methoxy groups -OCH3 is 1. The first-order valence-electron chi connectivity index (χ1n) is 8.80. The van der Waals surface area contributed by atoms with Crippen LogP contribution in [0.1, 0.15) is 53.8 Å². The first-order valence-corrected chi connectivity index (χ1v) is 8.80. The number of aromatic nitrogens is 2. The van der Waals surface area contributed by atoms with E-state index in [4.69, 9.17) is 9.72 Å². The smallest absolute Gasteiger partial charge is 0.337 e. The van der Waals surface area contributed by atoms with Crippen LogP contribution in [0.15, 0.2) is 29.1 Å². The van der Waals surface area contributed by atoms with Crippen molar-refractivity contribution < 1.29 is 9.53 Å². The molecule has 1 N–H and O–H groups in total. The van der Waals surface area contributed by atoms with Crippen molar-refractivity contribution in [2.75, 3.05) is 13.7 Å². The number of rotatable bonds is 3. The van der Waals surface area contributed by atoms with Crippen molar-refractivity contribution in [3.05, 3.63) is 62.8 Å². The van der Waals surface area contributed by atoms with E-state index in [2.05, 4.69) is 9.88 Å². The molecule has 1 aliphatic rings. The largest absolute Gasteiger partial charge is 0.465 e. The highest BCUT2D eigenvalue weighted by molar-refractivity contribution is 5.89. The van der Waals surface area contributed by atoms with E-state index in [-0.39, 0.29) is 16.9 Å². The number of H-pyrrole nitrogens is 1. The molecule has 6 nitrogen and oxygen atoms in total. The molecule has 0 bridgehead atoms. The fraction of sp³-hybridized carbons (Fsp3) is 0.450. The van der Waals surface area contributed by atoms with Crippen LogP contribution in [0.5, 0.6) is 0 Å². The average Bonchev–Trinajstić information content (AvgIpc) is 2.60. The van der Waals surface area contributed by atoms with Crippen molar-refractivity contribution in [2.45, 2.75) is 45.7 Å². The zero-order valence-corrected chi connectivity index (χ0v) is 15.8. The number of benzene rings is 1. The fourth-order valence-corrected chi connectivity index (χ4v) is 3.16. The molecule has 2 heterocycles. The Morgan fingerprint density at radius 2 is 2.12 bits per heavy atom. The van der Waals surface area contributed by atoms with E-state index < -0.39 is 0 Å². The summed E-state index contributed by atoms with van der Waals surface area (Å²) in [6.45, 7) is 8.23. The summed E-state index contributed by atoms with van der Waals surface area (Å²) in [4.78, 5) is 34.0. The van der Waals surface area contributed by atoms with E-state index in [0.717, 1.165) is 29.2 Å². The highest BCUT2D eigenvalue weighted by Gasteiger charge is 2.24. The first kappa shape index (κ1) is 18.3. The number of carbonyl (C=O) groups is 1. The molecule has 0 aliphatic carbocycles. The van der Waals surface area contributed by atoms with Crippen LogP contribution in [0.25, 0.3) is 0 Å². The summed E-state index contributed by atoms with van der Waals surface area (Å²) >= 11 is 0. The zero-order valence-electron chi connectivity index (χ0n) is 15.8. The number of esters is 1. The van der Waals surface area contributed by atoms with E-state index in [1.165, 1.54) is 7.11 Å². The third-order valence-corrected chi connectivity index (χ3v) is 4.62. The van der Waals surface area contributed by atoms with Crippen LogP contribution >= 0.6 is 0 Å². The lowest BCUT2D eigenvalue weighted by Crippen LogP contribution is -2.36. The molecular weight excluding hydrogens is 330 g/mol. The van der Waals surface area contributed by atoms with Gasteiger partial charge in [-0.25, -0.2) is 9.78 Å². The molecule has 0 atom stereocenters. The maximum Gasteiger partial charge on any atom is 0.337 e. The summed E-state index contributed by atoms with van der Waals surface area (Å²) in [5.41, 5.74) is 3.01. The summed E-state index contributed by atoms with van der Waals surface area (Å²) in [5.74, 6) is 0.384. The van der Waals surface area contributed by atoms with Gasteiger partial charge in [0.1, 0.15) is 5.82 Å². The summed E-state index contributed by atoms with van der Waals surface area (Å²) < 4.78 is 4.79. The van der Waals surface area contributed by atoms with Crippen LogP contribution in [0, 0.1) is 0 Å². The van der Waals surface area contributed by atoms with Crippen molar-refractivity contribution in [3.8, 4) is 0 Å². The van der Waals surface area contributed by atoms with Gasteiger partial charge in [0.05, 0.1) is 18.4 Å². The van der Waals surface area contributed by atoms with Gasteiger partial charge < -0.3 is 9.72 Å². The lowest BCUT2D eigenvalue weighted by Gasteiger charge is -2.29. The summed E-state index contributed by atoms with van der Waals surface area (Å²) in [6.07, 6.45) is 0.679. The summed E-state index contributed by atoms with van der Waals surface area (Å²) in [6, 6.07) is 7.46. The molecule has 6 heteroatoms. The van der Waals surface area contributed by atoms with E-state index in [0.29, 0.717) is 25.1 Å². The van der Waals surface area contributed by atoms with E-state index in [1.807, 2.05) is 39.0 Å². The number of hydrogen-bond donors (Lipinski definition) is 1. The molecule has 2 aromatic rings. The molecule has 26 heavy (non-hydrogen) atoms. The van der Waals surface area contributed by atoms with E-state index in [9.17, 15) is 9.59 Å². The van der Waals surface area contributed by atoms with Crippen LogP contribution in [-0.2, 0) is 29.7 Å². The first-order chi connectivity index (χ1) is 12.3. The minimum absolute atomic E-state index is 0.0211. The molecule has 1 aromatic carbocycles. The summed E-state index contributed by atoms with van der Waals surface area (Å²) in [7, 11) is 1.38. The zero-order chi connectivity index (χ0) is 18.9. The van der Waals surface area contributed by atoms with Gasteiger partial charge in [-0.3, -0.25) is 9.69 Å². The number of hydrogen-bond acceptors (Lipinski definition) is 5. The van der Waals surface area contributed by atoms with Gasteiger partial charge in [0.15, 0.2) is 0 Å². The Hall–Kier alpha value is -2.47. The Morgan fingerprint density at radius 3 is 2.81 bits per heavy atom. The number of fused-ring (bicyclic) bond motifs is 1. The molecule has 0 radical (unpaired) electrons. The molecule has 1 aromatic heterocycles. The third kappa shape index (κ3) is 3.85. The van der Waals surface area contributed by atoms with Gasteiger partial charge >= 0.3 is 5.97 Å². The Bertz CT molecular complexity index is 881. The molecule has 0 saturated carbocycles. The molecule has 0 amide bonds. The topological polar surface area (TPSA) is 75.3 Å². The fourth-order valence-electron chi connectivity index (χ4n) is 3.16. The Balaban J connectivity index is 1.81. The van der Waals surface area contributed by atoms with Crippen molar-refractivity contribution in [3.63, 3.8) is 0 Å². The quantitative estimate of drug-likeness (QED) is 0.856. The second-order valence-electron chi connectivity index (χ2n) is 7.74. The maximum absolute atomic E-state index is 12.4. The van der Waals surface area contributed by atoms with Crippen molar-refractivity contribution in [1.29, 1.82) is 0 Å². The molecule has 1 aliphatic heterocycles. The molecule has 138 valence electrons. The highest BCUT2D eigenvalue weighted by Crippen LogP contribution is 2.21. The molecule has 0 spiro atoms. The summed E-state index contributed by atoms with van der Waals surface area (Å²) in [5, 5.41) is 0. The standard InChI is InChI=1S/C20H25N3O3/c1-20(2,3)19-21-16-12-23(9-8-15(16)17(24)22-19)11-13-6-5-7-14(10-13)18(25)26-4/h5-7,10H,8-9,11-12H2,1-4H3,(H,21,22,24). The minimum atomic E-state index is -0.334. The van der Waals surface area contributed by atoms with Gasteiger partial charge in [0.2, 0.25) is 0 Å². The molecule has 3 rings (SSSR count). The van der Waals surface area contributed by atoms with Crippen LogP contribution in [0.3, 0.4) is 0 Å². The Labute approximate surface area is 153 Å². The van der Waals surface area contributed by atoms with Gasteiger partial charge in [-0.2, -0.15) is 0 Å². The van der Waals surface area contributed by atoms with Crippen LogP contribution in [-0.4, -0.2) is 34.5 Å². The van der Waals surface area contributed by atoms with Crippen molar-refractivity contribution in [2.24, 2.45) is 0 Å². The second-order valence-corrected chi connectivity index (χ2v) is 7.74. The van der Waals surface area contributed by atoms with Gasteiger partial charge in [0.25, 0.3) is 5.56 Å². The minimum Gasteiger partial charge on any atom is -0.465 e. The molecular formula is C20H25N3O3. The van der Waals surface area contributed by atoms with Gasteiger partial charge in [-0.05, 0) is 24.1 Å². The predicted octanol–water partition coefficient (Wildman–Crippen LogP) is 2.41. The maximum atomic E-state index is 12.4. The molecule has 0 fully saturated rings. The number of nitrogens with one attached hydrogen (secondary N) is 1. The van der Waals surface area contributed by atoms with Crippen molar-refractivity contribution >= 4 is 5.97 Å². The number of ether oxygens (including phenoxy) is 1. The van der Waals surface area contributed by atoms with Crippen molar-refractivity contribution in [1.82, 2.24) is 14.9 Å². The van der Waals surface area contributed by atoms with E-state index >= 15 is 0 Å². The van der Waals surface area contributed by atoms with Gasteiger partial charge in [-0.15, -0.1) is 0 Å². The van der Waals surface area contributed by atoms with E-state index in [1.54, 1.807) is 6.07 Å². The van der Waals surface area contributed by atoms with Gasteiger partial charge in [-0.1, -0.05) is 32.9 Å². The second kappa shape index (κ2) is 7.03. The monoisotopic (exact) mass is 355 g/mol. The average molecular weight is 355 g/mol. The van der Waals surface area contributed by atoms with Crippen LogP contribution < -0.4 is 5.56 Å². The number of carbonyl (C=O) groups excluding carboxylic acids is 1. The Morgan fingerprint density at radius 1 is 1.35 bits per heavy atom. The molecule has 0 saturated heterocycles. The van der Waals surface area contributed by atoms with Gasteiger partial charge in [0, 0.05) is 30.6 Å². The predicted molar refractivity (Wildman–Crippen MR) is 99.2 cm³/mol. The SMILES string of the molecule is COC(=O)c1cccc(CN2CCc3c(nc(C(C)(C)C)[nH]c3=O)C2)c1. The third-order valence-electron chi connectivity index (χ3n) is 4.62. The lowest BCUT2D eigenvalue weighted by molar-refractivity contribution is 0.0600. The number of nitrogens with zero attached hydrogens (tertiary/aromatic N) is 2.